The Hall–Kier alpha value is -2.52. The van der Waals surface area contributed by atoms with Crippen molar-refractivity contribution < 1.29 is 19.4 Å². The maximum absolute atomic E-state index is 12.3. The second-order valence-corrected chi connectivity index (χ2v) is 5.50. The molecule has 9 heteroatoms. The molecule has 1 saturated heterocycles. The number of ether oxygens (including phenoxy) is 2. The molecule has 9 nitrogen and oxygen atoms in total. The summed E-state index contributed by atoms with van der Waals surface area (Å²) in [4.78, 5) is 14.0. The Balaban J connectivity index is 1.59. The first-order chi connectivity index (χ1) is 11.8. The molecule has 1 fully saturated rings. The minimum absolute atomic E-state index is 0.00137. The predicted molar refractivity (Wildman–Crippen MR) is 82.6 cm³/mol. The van der Waals surface area contributed by atoms with Crippen LogP contribution in [0.2, 0.25) is 0 Å². The third-order valence-corrected chi connectivity index (χ3v) is 3.74. The Morgan fingerprint density at radius 3 is 3.17 bits per heavy atom. The number of rotatable bonds is 5. The van der Waals surface area contributed by atoms with Crippen LogP contribution in [-0.2, 0) is 9.53 Å². The Kier molecular flexibility index (Phi) is 5.34. The summed E-state index contributed by atoms with van der Waals surface area (Å²) < 4.78 is 12.5. The third-order valence-electron chi connectivity index (χ3n) is 3.74. The lowest BCUT2D eigenvalue weighted by atomic mass is 10.1. The van der Waals surface area contributed by atoms with Crippen LogP contribution in [0.3, 0.4) is 0 Å². The van der Waals surface area contributed by atoms with Crippen LogP contribution in [0.4, 0.5) is 0 Å². The Morgan fingerprint density at radius 1 is 1.46 bits per heavy atom. The number of amides is 1. The highest BCUT2D eigenvalue weighted by atomic mass is 16.5. The molecule has 1 aromatic carbocycles. The van der Waals surface area contributed by atoms with Gasteiger partial charge in [0.25, 0.3) is 5.91 Å². The summed E-state index contributed by atoms with van der Waals surface area (Å²) in [6.45, 7) is 1.84. The molecule has 3 rings (SSSR count). The lowest BCUT2D eigenvalue weighted by molar-refractivity contribution is -0.133. The van der Waals surface area contributed by atoms with E-state index in [1.54, 1.807) is 23.1 Å². The average molecular weight is 333 g/mol. The largest absolute Gasteiger partial charge is 0.484 e. The maximum atomic E-state index is 12.3. The molecule has 2 aromatic rings. The van der Waals surface area contributed by atoms with Crippen LogP contribution in [-0.4, -0.2) is 75.6 Å². The summed E-state index contributed by atoms with van der Waals surface area (Å²) in [7, 11) is 0. The van der Waals surface area contributed by atoms with Gasteiger partial charge in [-0.3, -0.25) is 4.79 Å². The van der Waals surface area contributed by atoms with Crippen LogP contribution in [0.15, 0.2) is 30.6 Å². The summed E-state index contributed by atoms with van der Waals surface area (Å²) in [6.07, 6.45) is 1.48. The molecule has 128 valence electrons. The van der Waals surface area contributed by atoms with E-state index in [-0.39, 0.29) is 25.0 Å². The molecule has 1 aliphatic heterocycles. The van der Waals surface area contributed by atoms with Crippen LogP contribution in [0.5, 0.6) is 5.75 Å². The molecule has 0 radical (unpaired) electrons. The van der Waals surface area contributed by atoms with Crippen molar-refractivity contribution in [3.8, 4) is 11.4 Å². The lowest BCUT2D eigenvalue weighted by Crippen LogP contribution is -2.39. The minimum Gasteiger partial charge on any atom is -0.484 e. The monoisotopic (exact) mass is 333 g/mol. The van der Waals surface area contributed by atoms with Crippen molar-refractivity contribution in [1.82, 2.24) is 25.1 Å². The fourth-order valence-electron chi connectivity index (χ4n) is 2.45. The Morgan fingerprint density at radius 2 is 2.38 bits per heavy atom. The molecular formula is C15H19N5O4. The molecule has 1 aromatic heterocycles. The number of nitrogens with zero attached hydrogens (tertiary/aromatic N) is 5. The topological polar surface area (TPSA) is 103 Å². The summed E-state index contributed by atoms with van der Waals surface area (Å²) in [6, 6.07) is 7.16. The molecule has 1 atom stereocenters. The van der Waals surface area contributed by atoms with E-state index in [0.717, 1.165) is 5.69 Å². The summed E-state index contributed by atoms with van der Waals surface area (Å²) >= 11 is 0. The van der Waals surface area contributed by atoms with E-state index < -0.39 is 0 Å². The number of hydrogen-bond donors (Lipinski definition) is 1. The van der Waals surface area contributed by atoms with Gasteiger partial charge in [0.15, 0.2) is 6.61 Å². The lowest BCUT2D eigenvalue weighted by Gasteiger charge is -2.22. The number of aromatic nitrogens is 4. The van der Waals surface area contributed by atoms with Gasteiger partial charge in [-0.05, 0) is 22.6 Å². The van der Waals surface area contributed by atoms with E-state index in [1.807, 2.05) is 6.07 Å². The standard InChI is InChI=1S/C15H19N5O4/c21-8-12-7-19(4-5-23-9-12)15(22)10-24-14-3-1-2-13(6-14)20-11-16-17-18-20/h1-3,6,11-12,21H,4-5,7-10H2/t12-/m0/s1. The molecule has 0 saturated carbocycles. The van der Waals surface area contributed by atoms with Crippen molar-refractivity contribution >= 4 is 5.91 Å². The molecular weight excluding hydrogens is 314 g/mol. The van der Waals surface area contributed by atoms with Crippen LogP contribution >= 0.6 is 0 Å². The van der Waals surface area contributed by atoms with Crippen LogP contribution in [0.1, 0.15) is 0 Å². The first-order valence-electron chi connectivity index (χ1n) is 7.69. The van der Waals surface area contributed by atoms with Gasteiger partial charge >= 0.3 is 0 Å². The number of tetrazole rings is 1. The highest BCUT2D eigenvalue weighted by Gasteiger charge is 2.22. The second kappa shape index (κ2) is 7.84. The van der Waals surface area contributed by atoms with E-state index in [4.69, 9.17) is 9.47 Å². The molecule has 0 spiro atoms. The van der Waals surface area contributed by atoms with E-state index in [0.29, 0.717) is 32.1 Å². The fraction of sp³-hybridized carbons (Fsp3) is 0.467. The van der Waals surface area contributed by atoms with Crippen molar-refractivity contribution in [3.05, 3.63) is 30.6 Å². The van der Waals surface area contributed by atoms with Crippen LogP contribution in [0.25, 0.3) is 5.69 Å². The molecule has 1 amide bonds. The number of carbonyl (C=O) groups excluding carboxylic acids is 1. The van der Waals surface area contributed by atoms with E-state index >= 15 is 0 Å². The maximum Gasteiger partial charge on any atom is 0.260 e. The molecule has 0 aliphatic carbocycles. The highest BCUT2D eigenvalue weighted by Crippen LogP contribution is 2.16. The number of benzene rings is 1. The Labute approximate surface area is 138 Å². The van der Waals surface area contributed by atoms with E-state index in [2.05, 4.69) is 15.5 Å². The van der Waals surface area contributed by atoms with Crippen molar-refractivity contribution in [2.24, 2.45) is 5.92 Å². The Bertz CT molecular complexity index is 664. The van der Waals surface area contributed by atoms with Crippen molar-refractivity contribution in [2.75, 3.05) is 39.5 Å². The number of aliphatic hydroxyl groups is 1. The zero-order valence-corrected chi connectivity index (χ0v) is 13.1. The molecule has 0 bridgehead atoms. The molecule has 24 heavy (non-hydrogen) atoms. The second-order valence-electron chi connectivity index (χ2n) is 5.50. The highest BCUT2D eigenvalue weighted by molar-refractivity contribution is 5.77. The zero-order chi connectivity index (χ0) is 16.8. The van der Waals surface area contributed by atoms with Gasteiger partial charge in [-0.25, -0.2) is 4.68 Å². The average Bonchev–Trinajstić information content (AvgIpc) is 3.05. The zero-order valence-electron chi connectivity index (χ0n) is 13.1. The molecule has 0 unspecified atom stereocenters. The molecule has 2 heterocycles. The SMILES string of the molecule is O=C(COc1cccc(-n2cnnn2)c1)N1CCOC[C@H](CO)C1. The van der Waals surface area contributed by atoms with E-state index in [1.165, 1.54) is 11.0 Å². The number of aliphatic hydroxyl groups excluding tert-OH is 1. The van der Waals surface area contributed by atoms with E-state index in [9.17, 15) is 9.90 Å². The van der Waals surface area contributed by atoms with Gasteiger partial charge in [-0.15, -0.1) is 5.10 Å². The quantitative estimate of drug-likeness (QED) is 0.787. The number of carbonyl (C=O) groups is 1. The summed E-state index contributed by atoms with van der Waals surface area (Å²) in [5, 5.41) is 20.3. The van der Waals surface area contributed by atoms with Gasteiger partial charge in [0, 0.05) is 31.7 Å². The fourth-order valence-corrected chi connectivity index (χ4v) is 2.45. The van der Waals surface area contributed by atoms with Gasteiger partial charge in [0.2, 0.25) is 0 Å². The number of hydrogen-bond acceptors (Lipinski definition) is 7. The van der Waals surface area contributed by atoms with Crippen molar-refractivity contribution in [3.63, 3.8) is 0 Å². The van der Waals surface area contributed by atoms with Gasteiger partial charge in [-0.2, -0.15) is 0 Å². The van der Waals surface area contributed by atoms with Gasteiger partial charge in [0.05, 0.1) is 18.9 Å². The van der Waals surface area contributed by atoms with Crippen LogP contribution < -0.4 is 4.74 Å². The van der Waals surface area contributed by atoms with Gasteiger partial charge < -0.3 is 19.5 Å². The summed E-state index contributed by atoms with van der Waals surface area (Å²) in [5.41, 5.74) is 0.744. The molecule has 1 aliphatic rings. The first kappa shape index (κ1) is 16.3. The molecule has 1 N–H and O–H groups in total. The van der Waals surface area contributed by atoms with Crippen molar-refractivity contribution in [2.45, 2.75) is 0 Å². The third kappa shape index (κ3) is 4.06. The van der Waals surface area contributed by atoms with Crippen LogP contribution in [0, 0.1) is 5.92 Å². The first-order valence-corrected chi connectivity index (χ1v) is 7.69. The predicted octanol–water partition coefficient (Wildman–Crippen LogP) is -0.492. The van der Waals surface area contributed by atoms with Gasteiger partial charge in [0.1, 0.15) is 12.1 Å². The summed E-state index contributed by atoms with van der Waals surface area (Å²) in [5.74, 6) is 0.368. The normalized spacial score (nSPS) is 18.2. The minimum atomic E-state index is -0.133. The smallest absolute Gasteiger partial charge is 0.260 e. The van der Waals surface area contributed by atoms with Gasteiger partial charge in [-0.1, -0.05) is 6.07 Å². The van der Waals surface area contributed by atoms with Crippen molar-refractivity contribution in [1.29, 1.82) is 0 Å².